The monoisotopic (exact) mass is 321 g/mol. The second-order valence-corrected chi connectivity index (χ2v) is 5.67. The van der Waals surface area contributed by atoms with Crippen molar-refractivity contribution in [3.05, 3.63) is 70.1 Å². The second kappa shape index (κ2) is 5.16. The molecule has 4 nitrogen and oxygen atoms in total. The predicted octanol–water partition coefficient (Wildman–Crippen LogP) is 4.11. The summed E-state index contributed by atoms with van der Waals surface area (Å²) >= 11 is 0. The maximum Gasteiger partial charge on any atom is 0.190 e. The van der Waals surface area contributed by atoms with Crippen molar-refractivity contribution in [2.75, 3.05) is 0 Å². The van der Waals surface area contributed by atoms with Crippen molar-refractivity contribution in [3.63, 3.8) is 0 Å². The molecule has 4 rings (SSSR count). The van der Waals surface area contributed by atoms with E-state index in [1.165, 1.54) is 6.07 Å². The number of aromatic hydroxyl groups is 1. The summed E-state index contributed by atoms with van der Waals surface area (Å²) in [4.78, 5) is 16.7. The summed E-state index contributed by atoms with van der Waals surface area (Å²) in [6.45, 7) is 1.97. The van der Waals surface area contributed by atoms with Crippen LogP contribution in [-0.4, -0.2) is 10.1 Å². The molecule has 0 amide bonds. The van der Waals surface area contributed by atoms with Crippen molar-refractivity contribution in [1.29, 1.82) is 0 Å². The quantitative estimate of drug-likeness (QED) is 0.536. The zero-order valence-corrected chi connectivity index (χ0v) is 12.7. The van der Waals surface area contributed by atoms with E-state index in [1.807, 2.05) is 31.2 Å². The molecule has 2 aromatic rings. The predicted molar refractivity (Wildman–Crippen MR) is 88.7 cm³/mol. The normalized spacial score (nSPS) is 11.2. The maximum absolute atomic E-state index is 13.5. The van der Waals surface area contributed by atoms with Gasteiger partial charge in [0, 0.05) is 23.8 Å². The minimum absolute atomic E-state index is 0.192. The van der Waals surface area contributed by atoms with Gasteiger partial charge in [-0.15, -0.1) is 0 Å². The van der Waals surface area contributed by atoms with Gasteiger partial charge in [0.25, 0.3) is 0 Å². The largest absolute Gasteiger partial charge is 0.505 e. The topological polar surface area (TPSA) is 63.3 Å². The zero-order chi connectivity index (χ0) is 16.8. The molecule has 0 radical (unpaired) electrons. The molecule has 0 aromatic heterocycles. The van der Waals surface area contributed by atoms with Crippen molar-refractivity contribution in [1.82, 2.24) is 4.98 Å². The third-order valence-electron chi connectivity index (χ3n) is 3.91. The number of hydrogen-bond acceptors (Lipinski definition) is 4. The molecule has 0 spiro atoms. The van der Waals surface area contributed by atoms with E-state index < -0.39 is 11.6 Å². The van der Waals surface area contributed by atoms with Crippen LogP contribution in [-0.2, 0) is 0 Å². The van der Waals surface area contributed by atoms with Crippen LogP contribution in [0.3, 0.4) is 0 Å². The first kappa shape index (κ1) is 14.4. The first-order chi connectivity index (χ1) is 11.5. The number of halogens is 1. The van der Waals surface area contributed by atoms with Gasteiger partial charge in [-0.3, -0.25) is 4.79 Å². The number of rotatable bonds is 1. The summed E-state index contributed by atoms with van der Waals surface area (Å²) < 4.78 is 19.1. The Morgan fingerprint density at radius 1 is 1.08 bits per heavy atom. The fraction of sp³-hybridized carbons (Fsp3) is 0.0526. The number of phenolic OH excluding ortho intramolecular Hbond substituents is 1. The molecule has 0 bridgehead atoms. The minimum atomic E-state index is -0.774. The first-order valence-corrected chi connectivity index (χ1v) is 7.35. The molecule has 2 aromatic carbocycles. The van der Waals surface area contributed by atoms with Crippen LogP contribution in [0.1, 0.15) is 5.56 Å². The molecule has 118 valence electrons. The molecule has 0 saturated carbocycles. The molecule has 0 unspecified atom stereocenters. The third-order valence-corrected chi connectivity index (χ3v) is 3.91. The van der Waals surface area contributed by atoms with Gasteiger partial charge in [-0.1, -0.05) is 29.8 Å². The Morgan fingerprint density at radius 3 is 2.58 bits per heavy atom. The van der Waals surface area contributed by atoms with Crippen LogP contribution in [0.5, 0.6) is 5.75 Å². The highest BCUT2D eigenvalue weighted by Gasteiger charge is 2.15. The van der Waals surface area contributed by atoms with E-state index >= 15 is 0 Å². The van der Waals surface area contributed by atoms with Crippen LogP contribution in [0.4, 0.5) is 4.39 Å². The lowest BCUT2D eigenvalue weighted by molar-refractivity contribution is 0.432. The lowest BCUT2D eigenvalue weighted by Crippen LogP contribution is -2.05. The standard InChI is InChI=1S/C19H12FNO3/c1-10-2-4-11(5-3-10)12-6-14-18(8-16(12)22)24-19-9-17(23)13(20)7-15(19)21-14/h2-9,23H,1H3. The van der Waals surface area contributed by atoms with Gasteiger partial charge >= 0.3 is 0 Å². The number of benzene rings is 3. The van der Waals surface area contributed by atoms with Gasteiger partial charge in [0.1, 0.15) is 11.2 Å². The summed E-state index contributed by atoms with van der Waals surface area (Å²) in [7, 11) is 0. The van der Waals surface area contributed by atoms with E-state index in [4.69, 9.17) is 4.42 Å². The SMILES string of the molecule is Cc1ccc(-c2cc3nc4cc(F)c(O)cc4oc-3cc2=O)cc1. The Balaban J connectivity index is 1.98. The van der Waals surface area contributed by atoms with Crippen LogP contribution in [0, 0.1) is 12.7 Å². The van der Waals surface area contributed by atoms with E-state index in [9.17, 15) is 14.3 Å². The van der Waals surface area contributed by atoms with E-state index in [1.54, 1.807) is 6.07 Å². The van der Waals surface area contributed by atoms with Gasteiger partial charge in [0.2, 0.25) is 0 Å². The van der Waals surface area contributed by atoms with E-state index in [2.05, 4.69) is 4.98 Å². The van der Waals surface area contributed by atoms with Crippen molar-refractivity contribution in [3.8, 4) is 28.3 Å². The average Bonchev–Trinajstić information content (AvgIpc) is 2.55. The van der Waals surface area contributed by atoms with E-state index in [-0.39, 0.29) is 22.3 Å². The molecular weight excluding hydrogens is 309 g/mol. The highest BCUT2D eigenvalue weighted by Crippen LogP contribution is 2.30. The molecule has 1 aliphatic carbocycles. The van der Waals surface area contributed by atoms with Gasteiger partial charge in [-0.05, 0) is 18.6 Å². The van der Waals surface area contributed by atoms with Crippen molar-refractivity contribution >= 4 is 11.1 Å². The molecule has 0 atom stereocenters. The third kappa shape index (κ3) is 2.31. The van der Waals surface area contributed by atoms with Crippen molar-refractivity contribution in [2.45, 2.75) is 6.92 Å². The number of hydrogen-bond donors (Lipinski definition) is 1. The number of phenols is 1. The van der Waals surface area contributed by atoms with Crippen LogP contribution in [0.25, 0.3) is 33.7 Å². The molecule has 1 aliphatic heterocycles. The van der Waals surface area contributed by atoms with Crippen LogP contribution in [0.15, 0.2) is 57.7 Å². The summed E-state index contributed by atoms with van der Waals surface area (Å²) in [5.74, 6) is -1.01. The van der Waals surface area contributed by atoms with Crippen molar-refractivity contribution in [2.24, 2.45) is 0 Å². The second-order valence-electron chi connectivity index (χ2n) is 5.67. The summed E-state index contributed by atoms with van der Waals surface area (Å²) in [5, 5.41) is 9.43. The zero-order valence-electron chi connectivity index (χ0n) is 12.7. The van der Waals surface area contributed by atoms with E-state index in [0.29, 0.717) is 11.3 Å². The highest BCUT2D eigenvalue weighted by molar-refractivity contribution is 5.79. The Hall–Kier alpha value is -3.21. The number of aromatic nitrogens is 1. The molecular formula is C19H12FNO3. The minimum Gasteiger partial charge on any atom is -0.505 e. The molecule has 2 aliphatic rings. The van der Waals surface area contributed by atoms with Gasteiger partial charge in [0.15, 0.2) is 28.3 Å². The maximum atomic E-state index is 13.5. The van der Waals surface area contributed by atoms with Gasteiger partial charge in [-0.2, -0.15) is 0 Å². The van der Waals surface area contributed by atoms with Crippen LogP contribution in [0.2, 0.25) is 0 Å². The average molecular weight is 321 g/mol. The Labute approximate surface area is 136 Å². The molecule has 1 heterocycles. The van der Waals surface area contributed by atoms with Crippen LogP contribution >= 0.6 is 0 Å². The van der Waals surface area contributed by atoms with Gasteiger partial charge < -0.3 is 9.52 Å². The molecule has 24 heavy (non-hydrogen) atoms. The highest BCUT2D eigenvalue weighted by atomic mass is 19.1. The molecule has 0 fully saturated rings. The Bertz CT molecular complexity index is 1100. The Kier molecular flexibility index (Phi) is 3.09. The lowest BCUT2D eigenvalue weighted by Gasteiger charge is -2.09. The number of fused-ring (bicyclic) bond motifs is 2. The fourth-order valence-electron chi connectivity index (χ4n) is 2.63. The fourth-order valence-corrected chi connectivity index (χ4v) is 2.63. The molecule has 0 saturated heterocycles. The number of aryl methyl sites for hydroxylation is 1. The van der Waals surface area contributed by atoms with Crippen molar-refractivity contribution < 1.29 is 13.9 Å². The first-order valence-electron chi connectivity index (χ1n) is 7.35. The summed E-state index contributed by atoms with van der Waals surface area (Å²) in [6, 6.07) is 12.8. The molecule has 1 N–H and O–H groups in total. The lowest BCUT2D eigenvalue weighted by atomic mass is 10.0. The summed E-state index contributed by atoms with van der Waals surface area (Å²) in [6.07, 6.45) is 0. The van der Waals surface area contributed by atoms with Gasteiger partial charge in [-0.25, -0.2) is 9.37 Å². The van der Waals surface area contributed by atoms with Crippen LogP contribution < -0.4 is 5.43 Å². The summed E-state index contributed by atoms with van der Waals surface area (Å²) in [5.41, 5.74) is 3.12. The Morgan fingerprint density at radius 2 is 1.83 bits per heavy atom. The van der Waals surface area contributed by atoms with Gasteiger partial charge in [0.05, 0.1) is 0 Å². The van der Waals surface area contributed by atoms with E-state index in [0.717, 1.165) is 23.3 Å². The number of nitrogens with zero attached hydrogens (tertiary/aromatic N) is 1. The molecule has 5 heteroatoms. The smallest absolute Gasteiger partial charge is 0.190 e.